The SMILES string of the molecule is c1ccc2c3c([nH]c2c1)CN(c1ccc(N2CCOCC2)cn1)CC3. The highest BCUT2D eigenvalue weighted by Crippen LogP contribution is 2.29. The summed E-state index contributed by atoms with van der Waals surface area (Å²) in [5.41, 5.74) is 5.23. The number of benzene rings is 1. The van der Waals surface area contributed by atoms with E-state index >= 15 is 0 Å². The molecule has 1 fully saturated rings. The van der Waals surface area contributed by atoms with Crippen LogP contribution in [0, 0.1) is 0 Å². The number of hydrogen-bond acceptors (Lipinski definition) is 4. The van der Waals surface area contributed by atoms with Gasteiger partial charge >= 0.3 is 0 Å². The monoisotopic (exact) mass is 334 g/mol. The summed E-state index contributed by atoms with van der Waals surface area (Å²) in [5, 5.41) is 1.37. The first-order valence-electron chi connectivity index (χ1n) is 9.01. The van der Waals surface area contributed by atoms with E-state index in [4.69, 9.17) is 9.72 Å². The van der Waals surface area contributed by atoms with Gasteiger partial charge in [0.15, 0.2) is 0 Å². The van der Waals surface area contributed by atoms with Crippen LogP contribution in [0.2, 0.25) is 0 Å². The molecule has 0 saturated carbocycles. The van der Waals surface area contributed by atoms with Gasteiger partial charge in [0, 0.05) is 36.2 Å². The van der Waals surface area contributed by atoms with Crippen LogP contribution in [0.3, 0.4) is 0 Å². The number of anilines is 2. The molecule has 1 N–H and O–H groups in total. The van der Waals surface area contributed by atoms with Gasteiger partial charge < -0.3 is 19.5 Å². The van der Waals surface area contributed by atoms with Gasteiger partial charge in [0.1, 0.15) is 5.82 Å². The maximum atomic E-state index is 5.42. The lowest BCUT2D eigenvalue weighted by atomic mass is 10.0. The predicted molar refractivity (Wildman–Crippen MR) is 100 cm³/mol. The third-order valence-electron chi connectivity index (χ3n) is 5.32. The predicted octanol–water partition coefficient (Wildman–Crippen LogP) is 2.96. The normalized spacial score (nSPS) is 17.8. The number of nitrogens with zero attached hydrogens (tertiary/aromatic N) is 3. The highest BCUT2D eigenvalue weighted by Gasteiger charge is 2.21. The summed E-state index contributed by atoms with van der Waals surface area (Å²) in [6.45, 7) is 5.41. The first-order valence-corrected chi connectivity index (χ1v) is 9.01. The average molecular weight is 334 g/mol. The fourth-order valence-corrected chi connectivity index (χ4v) is 3.96. The number of aromatic amines is 1. The molecule has 0 amide bonds. The second-order valence-corrected chi connectivity index (χ2v) is 6.77. The van der Waals surface area contributed by atoms with Crippen LogP contribution in [0.1, 0.15) is 11.3 Å². The van der Waals surface area contributed by atoms with Crippen LogP contribution in [0.25, 0.3) is 10.9 Å². The van der Waals surface area contributed by atoms with Crippen LogP contribution < -0.4 is 9.80 Å². The van der Waals surface area contributed by atoms with E-state index in [9.17, 15) is 0 Å². The number of pyridine rings is 1. The molecule has 3 aromatic rings. The third kappa shape index (κ3) is 2.65. The molecule has 0 spiro atoms. The van der Waals surface area contributed by atoms with Gasteiger partial charge in [-0.25, -0.2) is 4.98 Å². The fourth-order valence-electron chi connectivity index (χ4n) is 3.96. The highest BCUT2D eigenvalue weighted by atomic mass is 16.5. The standard InChI is InChI=1S/C20H22N4O/c1-2-4-18-16(3-1)17-7-8-24(14-19(17)22-18)20-6-5-15(13-21-20)23-9-11-25-12-10-23/h1-6,13,22H,7-12,14H2. The molecule has 0 radical (unpaired) electrons. The number of morpholine rings is 1. The van der Waals surface area contributed by atoms with Crippen molar-refractivity contribution in [2.45, 2.75) is 13.0 Å². The van der Waals surface area contributed by atoms with E-state index < -0.39 is 0 Å². The molecular formula is C20H22N4O. The first kappa shape index (κ1) is 14.8. The van der Waals surface area contributed by atoms with Crippen molar-refractivity contribution in [1.29, 1.82) is 0 Å². The third-order valence-corrected chi connectivity index (χ3v) is 5.32. The largest absolute Gasteiger partial charge is 0.378 e. The Labute approximate surface area is 147 Å². The number of H-pyrrole nitrogens is 1. The van der Waals surface area contributed by atoms with Gasteiger partial charge in [-0.3, -0.25) is 0 Å². The Balaban J connectivity index is 1.37. The van der Waals surface area contributed by atoms with Gasteiger partial charge in [-0.05, 0) is 30.2 Å². The summed E-state index contributed by atoms with van der Waals surface area (Å²) in [4.78, 5) is 13.0. The maximum absolute atomic E-state index is 5.42. The zero-order valence-corrected chi connectivity index (χ0v) is 14.2. The minimum absolute atomic E-state index is 0.803. The van der Waals surface area contributed by atoms with Crippen LogP contribution in [-0.2, 0) is 17.7 Å². The van der Waals surface area contributed by atoms with Gasteiger partial charge in [0.05, 0.1) is 31.6 Å². The van der Waals surface area contributed by atoms with Crippen molar-refractivity contribution in [3.05, 3.63) is 53.9 Å². The lowest BCUT2D eigenvalue weighted by Crippen LogP contribution is -2.36. The molecular weight excluding hydrogens is 312 g/mol. The average Bonchev–Trinajstić information content (AvgIpc) is 3.06. The molecule has 2 aliphatic rings. The molecule has 0 aliphatic carbocycles. The summed E-state index contributed by atoms with van der Waals surface area (Å²) >= 11 is 0. The summed E-state index contributed by atoms with van der Waals surface area (Å²) in [7, 11) is 0. The van der Waals surface area contributed by atoms with Gasteiger partial charge in [-0.1, -0.05) is 18.2 Å². The van der Waals surface area contributed by atoms with E-state index in [0.717, 1.165) is 51.6 Å². The van der Waals surface area contributed by atoms with Crippen molar-refractivity contribution in [3.8, 4) is 0 Å². The number of rotatable bonds is 2. The lowest BCUT2D eigenvalue weighted by molar-refractivity contribution is 0.122. The van der Waals surface area contributed by atoms with Crippen LogP contribution in [0.5, 0.6) is 0 Å². The summed E-state index contributed by atoms with van der Waals surface area (Å²) in [5.74, 6) is 1.06. The van der Waals surface area contributed by atoms with Crippen molar-refractivity contribution >= 4 is 22.4 Å². The zero-order valence-electron chi connectivity index (χ0n) is 14.2. The smallest absolute Gasteiger partial charge is 0.128 e. The topological polar surface area (TPSA) is 44.4 Å². The molecule has 25 heavy (non-hydrogen) atoms. The molecule has 4 heterocycles. The molecule has 5 nitrogen and oxygen atoms in total. The number of hydrogen-bond donors (Lipinski definition) is 1. The molecule has 1 aromatic carbocycles. The van der Waals surface area contributed by atoms with Crippen LogP contribution >= 0.6 is 0 Å². The Bertz CT molecular complexity index is 880. The number of para-hydroxylation sites is 1. The second-order valence-electron chi connectivity index (χ2n) is 6.77. The highest BCUT2D eigenvalue weighted by molar-refractivity contribution is 5.85. The molecule has 0 bridgehead atoms. The minimum Gasteiger partial charge on any atom is -0.378 e. The fraction of sp³-hybridized carbons (Fsp3) is 0.350. The van der Waals surface area contributed by atoms with E-state index in [-0.39, 0.29) is 0 Å². The van der Waals surface area contributed by atoms with Crippen LogP contribution in [-0.4, -0.2) is 42.8 Å². The Hall–Kier alpha value is -2.53. The first-order chi connectivity index (χ1) is 12.4. The van der Waals surface area contributed by atoms with Crippen molar-refractivity contribution in [3.63, 3.8) is 0 Å². The lowest BCUT2D eigenvalue weighted by Gasteiger charge is -2.30. The quantitative estimate of drug-likeness (QED) is 0.782. The van der Waals surface area contributed by atoms with Crippen molar-refractivity contribution < 1.29 is 4.74 Å². The van der Waals surface area contributed by atoms with E-state index in [2.05, 4.69) is 51.2 Å². The van der Waals surface area contributed by atoms with Crippen LogP contribution in [0.15, 0.2) is 42.6 Å². The van der Waals surface area contributed by atoms with E-state index in [0.29, 0.717) is 0 Å². The van der Waals surface area contributed by atoms with Gasteiger partial charge in [-0.15, -0.1) is 0 Å². The zero-order chi connectivity index (χ0) is 16.6. The number of aromatic nitrogens is 2. The van der Waals surface area contributed by atoms with E-state index in [1.54, 1.807) is 0 Å². The second kappa shape index (κ2) is 6.08. The number of ether oxygens (including phenoxy) is 1. The molecule has 0 atom stereocenters. The van der Waals surface area contributed by atoms with Gasteiger partial charge in [0.25, 0.3) is 0 Å². The van der Waals surface area contributed by atoms with Crippen molar-refractivity contribution in [1.82, 2.24) is 9.97 Å². The molecule has 2 aliphatic heterocycles. The Morgan fingerprint density at radius 2 is 1.84 bits per heavy atom. The Morgan fingerprint density at radius 3 is 2.68 bits per heavy atom. The number of nitrogens with one attached hydrogen (secondary N) is 1. The molecule has 128 valence electrons. The molecule has 5 rings (SSSR count). The van der Waals surface area contributed by atoms with Crippen molar-refractivity contribution in [2.24, 2.45) is 0 Å². The Kier molecular flexibility index (Phi) is 3.59. The molecule has 0 unspecified atom stereocenters. The van der Waals surface area contributed by atoms with Crippen LogP contribution in [0.4, 0.5) is 11.5 Å². The van der Waals surface area contributed by atoms with E-state index in [1.807, 2.05) is 6.20 Å². The molecule has 1 saturated heterocycles. The van der Waals surface area contributed by atoms with Gasteiger partial charge in [-0.2, -0.15) is 0 Å². The summed E-state index contributed by atoms with van der Waals surface area (Å²) < 4.78 is 5.42. The molecule has 2 aromatic heterocycles. The van der Waals surface area contributed by atoms with E-state index in [1.165, 1.54) is 27.8 Å². The Morgan fingerprint density at radius 1 is 0.960 bits per heavy atom. The van der Waals surface area contributed by atoms with Crippen molar-refractivity contribution in [2.75, 3.05) is 42.6 Å². The summed E-state index contributed by atoms with van der Waals surface area (Å²) in [6.07, 6.45) is 3.06. The van der Waals surface area contributed by atoms with Gasteiger partial charge in [0.2, 0.25) is 0 Å². The maximum Gasteiger partial charge on any atom is 0.128 e. The number of fused-ring (bicyclic) bond motifs is 3. The summed E-state index contributed by atoms with van der Waals surface area (Å²) in [6, 6.07) is 12.9. The minimum atomic E-state index is 0.803. The molecule has 5 heteroatoms.